The summed E-state index contributed by atoms with van der Waals surface area (Å²) in [5.74, 6) is 0.540. The minimum absolute atomic E-state index is 0.0218. The Balaban J connectivity index is 1.99. The number of carbonyl (C=O) groups excluding carboxylic acids is 1. The molecule has 1 amide bonds. The Morgan fingerprint density at radius 2 is 2.10 bits per heavy atom. The number of aromatic nitrogens is 3. The fourth-order valence-electron chi connectivity index (χ4n) is 2.25. The maximum atomic E-state index is 12.0. The Labute approximate surface area is 119 Å². The fourth-order valence-corrected chi connectivity index (χ4v) is 2.25. The predicted molar refractivity (Wildman–Crippen MR) is 78.6 cm³/mol. The van der Waals surface area contributed by atoms with Gasteiger partial charge in [-0.15, -0.1) is 0 Å². The molecular formula is C15H20N4O. The molecule has 2 rings (SSSR count). The van der Waals surface area contributed by atoms with Gasteiger partial charge in [-0.25, -0.2) is 4.98 Å². The normalized spacial score (nSPS) is 12.2. The van der Waals surface area contributed by atoms with Crippen LogP contribution in [0.4, 0.5) is 5.82 Å². The first kappa shape index (κ1) is 14.2. The number of rotatable bonds is 4. The molecule has 0 aliphatic carbocycles. The van der Waals surface area contributed by atoms with Crippen molar-refractivity contribution in [3.63, 3.8) is 0 Å². The lowest BCUT2D eigenvalue weighted by Crippen LogP contribution is -2.19. The van der Waals surface area contributed by atoms with Crippen LogP contribution in [0.15, 0.2) is 24.4 Å². The Kier molecular flexibility index (Phi) is 4.17. The quantitative estimate of drug-likeness (QED) is 0.931. The van der Waals surface area contributed by atoms with Crippen LogP contribution >= 0.6 is 0 Å². The second-order valence-corrected chi connectivity index (χ2v) is 5.19. The van der Waals surface area contributed by atoms with Gasteiger partial charge in [-0.1, -0.05) is 0 Å². The monoisotopic (exact) mass is 272 g/mol. The second kappa shape index (κ2) is 5.86. The number of hydrogen-bond donors (Lipinski definition) is 1. The van der Waals surface area contributed by atoms with Crippen molar-refractivity contribution in [2.24, 2.45) is 0 Å². The molecule has 0 spiro atoms. The molecule has 1 N–H and O–H groups in total. The molecule has 0 saturated carbocycles. The molecule has 0 fully saturated rings. The largest absolute Gasteiger partial charge is 0.311 e. The summed E-state index contributed by atoms with van der Waals surface area (Å²) in [7, 11) is 0. The van der Waals surface area contributed by atoms with Crippen molar-refractivity contribution in [3.8, 4) is 0 Å². The van der Waals surface area contributed by atoms with E-state index >= 15 is 0 Å². The third-order valence-corrected chi connectivity index (χ3v) is 3.13. The second-order valence-electron chi connectivity index (χ2n) is 5.19. The van der Waals surface area contributed by atoms with E-state index in [4.69, 9.17) is 0 Å². The molecule has 5 heteroatoms. The number of aryl methyl sites for hydroxylation is 3. The van der Waals surface area contributed by atoms with Crippen LogP contribution < -0.4 is 5.32 Å². The molecule has 0 bridgehead atoms. The van der Waals surface area contributed by atoms with E-state index in [1.807, 2.05) is 50.6 Å². The van der Waals surface area contributed by atoms with Gasteiger partial charge in [0.1, 0.15) is 5.82 Å². The predicted octanol–water partition coefficient (Wildman–Crippen LogP) is 2.79. The van der Waals surface area contributed by atoms with Gasteiger partial charge in [0.25, 0.3) is 0 Å². The van der Waals surface area contributed by atoms with Crippen molar-refractivity contribution >= 4 is 11.7 Å². The van der Waals surface area contributed by atoms with Crippen LogP contribution in [0.3, 0.4) is 0 Å². The molecule has 2 aromatic rings. The van der Waals surface area contributed by atoms with E-state index in [0.29, 0.717) is 12.2 Å². The molecule has 5 nitrogen and oxygen atoms in total. The standard InChI is InChI=1S/C15H20N4O/c1-10-5-6-16-14(7-10)17-15(20)9-13(4)19-12(3)8-11(2)18-19/h5-8,13H,9H2,1-4H3,(H,16,17,20)/t13-/m1/s1. The van der Waals surface area contributed by atoms with Crippen LogP contribution in [0.2, 0.25) is 0 Å². The van der Waals surface area contributed by atoms with E-state index in [1.165, 1.54) is 0 Å². The van der Waals surface area contributed by atoms with Crippen molar-refractivity contribution in [1.29, 1.82) is 0 Å². The third-order valence-electron chi connectivity index (χ3n) is 3.13. The minimum Gasteiger partial charge on any atom is -0.311 e. The number of hydrogen-bond acceptors (Lipinski definition) is 3. The molecule has 0 aliphatic rings. The molecule has 0 aromatic carbocycles. The Bertz CT molecular complexity index is 618. The molecule has 20 heavy (non-hydrogen) atoms. The number of nitrogens with zero attached hydrogens (tertiary/aromatic N) is 3. The van der Waals surface area contributed by atoms with E-state index in [1.54, 1.807) is 6.20 Å². The summed E-state index contributed by atoms with van der Waals surface area (Å²) in [6.07, 6.45) is 2.06. The zero-order valence-corrected chi connectivity index (χ0v) is 12.3. The van der Waals surface area contributed by atoms with E-state index in [-0.39, 0.29) is 11.9 Å². The van der Waals surface area contributed by atoms with Gasteiger partial charge in [-0.2, -0.15) is 5.10 Å². The molecule has 2 heterocycles. The molecular weight excluding hydrogens is 252 g/mol. The number of anilines is 1. The van der Waals surface area contributed by atoms with Crippen molar-refractivity contribution in [1.82, 2.24) is 14.8 Å². The number of pyridine rings is 1. The Morgan fingerprint density at radius 1 is 1.35 bits per heavy atom. The Hall–Kier alpha value is -2.17. The average molecular weight is 272 g/mol. The van der Waals surface area contributed by atoms with Crippen LogP contribution in [0, 0.1) is 20.8 Å². The molecule has 0 aliphatic heterocycles. The van der Waals surface area contributed by atoms with Crippen molar-refractivity contribution < 1.29 is 4.79 Å². The van der Waals surface area contributed by atoms with Crippen molar-refractivity contribution in [2.75, 3.05) is 5.32 Å². The van der Waals surface area contributed by atoms with Gasteiger partial charge >= 0.3 is 0 Å². The highest BCUT2D eigenvalue weighted by molar-refractivity contribution is 5.90. The van der Waals surface area contributed by atoms with Gasteiger partial charge in [0.2, 0.25) is 5.91 Å². The lowest BCUT2D eigenvalue weighted by Gasteiger charge is -2.14. The lowest BCUT2D eigenvalue weighted by molar-refractivity contribution is -0.116. The fraction of sp³-hybridized carbons (Fsp3) is 0.400. The van der Waals surface area contributed by atoms with Gasteiger partial charge in [0, 0.05) is 18.3 Å². The van der Waals surface area contributed by atoms with E-state index < -0.39 is 0 Å². The van der Waals surface area contributed by atoms with E-state index in [0.717, 1.165) is 17.0 Å². The molecule has 0 radical (unpaired) electrons. The molecule has 0 saturated heterocycles. The summed E-state index contributed by atoms with van der Waals surface area (Å²) in [5.41, 5.74) is 3.11. The first-order valence-corrected chi connectivity index (χ1v) is 6.71. The number of carbonyl (C=O) groups is 1. The van der Waals surface area contributed by atoms with E-state index in [9.17, 15) is 4.79 Å². The highest BCUT2D eigenvalue weighted by Crippen LogP contribution is 2.15. The van der Waals surface area contributed by atoms with Crippen LogP contribution in [0.25, 0.3) is 0 Å². The molecule has 2 aromatic heterocycles. The summed E-state index contributed by atoms with van der Waals surface area (Å²) in [6, 6.07) is 5.78. The molecule has 1 atom stereocenters. The average Bonchev–Trinajstić information content (AvgIpc) is 2.68. The van der Waals surface area contributed by atoms with Gasteiger partial charge in [-0.05, 0) is 51.5 Å². The smallest absolute Gasteiger partial charge is 0.227 e. The zero-order chi connectivity index (χ0) is 14.7. The number of nitrogens with one attached hydrogen (secondary N) is 1. The topological polar surface area (TPSA) is 59.8 Å². The summed E-state index contributed by atoms with van der Waals surface area (Å²) in [4.78, 5) is 16.2. The van der Waals surface area contributed by atoms with Crippen LogP contribution in [-0.4, -0.2) is 20.7 Å². The van der Waals surface area contributed by atoms with Gasteiger partial charge < -0.3 is 5.32 Å². The summed E-state index contributed by atoms with van der Waals surface area (Å²) in [6.45, 7) is 7.90. The van der Waals surface area contributed by atoms with Crippen LogP contribution in [-0.2, 0) is 4.79 Å². The van der Waals surface area contributed by atoms with Gasteiger partial charge in [0.05, 0.1) is 11.7 Å². The summed E-state index contributed by atoms with van der Waals surface area (Å²) < 4.78 is 1.89. The molecule has 0 unspecified atom stereocenters. The van der Waals surface area contributed by atoms with Gasteiger partial charge in [0.15, 0.2) is 0 Å². The van der Waals surface area contributed by atoms with Crippen molar-refractivity contribution in [3.05, 3.63) is 41.3 Å². The number of amides is 1. The zero-order valence-electron chi connectivity index (χ0n) is 12.3. The lowest BCUT2D eigenvalue weighted by atomic mass is 10.2. The SMILES string of the molecule is Cc1ccnc(NC(=O)C[C@@H](C)n2nc(C)cc2C)c1. The highest BCUT2D eigenvalue weighted by atomic mass is 16.1. The summed E-state index contributed by atoms with van der Waals surface area (Å²) >= 11 is 0. The first-order chi connectivity index (χ1) is 9.45. The van der Waals surface area contributed by atoms with E-state index in [2.05, 4.69) is 15.4 Å². The Morgan fingerprint density at radius 3 is 2.70 bits per heavy atom. The minimum atomic E-state index is -0.0526. The van der Waals surface area contributed by atoms with Gasteiger partial charge in [-0.3, -0.25) is 9.48 Å². The van der Waals surface area contributed by atoms with Crippen LogP contribution in [0.5, 0.6) is 0 Å². The molecule has 106 valence electrons. The maximum Gasteiger partial charge on any atom is 0.227 e. The van der Waals surface area contributed by atoms with Crippen LogP contribution in [0.1, 0.15) is 36.3 Å². The third kappa shape index (κ3) is 3.44. The van der Waals surface area contributed by atoms with Crippen molar-refractivity contribution in [2.45, 2.75) is 40.2 Å². The summed E-state index contributed by atoms with van der Waals surface area (Å²) in [5, 5.41) is 7.22. The maximum absolute atomic E-state index is 12.0. The first-order valence-electron chi connectivity index (χ1n) is 6.71. The highest BCUT2D eigenvalue weighted by Gasteiger charge is 2.14.